The first-order chi connectivity index (χ1) is 28.6. The number of nitrogens with two attached hydrogens (primary N) is 1. The Kier molecular flexibility index (Phi) is 12.3. The van der Waals surface area contributed by atoms with Crippen LogP contribution in [0.25, 0.3) is 0 Å². The second kappa shape index (κ2) is 17.8. The molecule has 6 aromatic rings. The van der Waals surface area contributed by atoms with Crippen LogP contribution >= 0.6 is 12.4 Å². The molecular weight excluding hydrogens is 784 g/mol. The number of aromatic carboxylic acids is 1. The topological polar surface area (TPSA) is 219 Å². The van der Waals surface area contributed by atoms with E-state index in [2.05, 4.69) is 59.9 Å². The molecule has 15 heteroatoms. The summed E-state index contributed by atoms with van der Waals surface area (Å²) in [4.78, 5) is 55.9. The van der Waals surface area contributed by atoms with Crippen LogP contribution in [-0.4, -0.2) is 77.6 Å². The zero-order valence-corrected chi connectivity index (χ0v) is 33.5. The Morgan fingerprint density at radius 1 is 0.733 bits per heavy atom. The van der Waals surface area contributed by atoms with Crippen LogP contribution in [0.3, 0.4) is 0 Å². The van der Waals surface area contributed by atoms with Crippen molar-refractivity contribution in [1.82, 2.24) is 35.7 Å². The Bertz CT molecular complexity index is 2480. The molecule has 2 saturated carbocycles. The number of ether oxygens (including phenoxy) is 1. The lowest BCUT2D eigenvalue weighted by molar-refractivity contribution is -0.121. The van der Waals surface area contributed by atoms with Gasteiger partial charge in [0.15, 0.2) is 17.3 Å². The van der Waals surface area contributed by atoms with Crippen LogP contribution in [0.5, 0.6) is 5.75 Å². The van der Waals surface area contributed by atoms with Gasteiger partial charge in [-0.3, -0.25) is 34.5 Å². The zero-order chi connectivity index (χ0) is 41.0. The van der Waals surface area contributed by atoms with Crippen molar-refractivity contribution in [3.05, 3.63) is 160 Å². The number of H-pyrrole nitrogens is 2. The molecule has 14 nitrogen and oxygen atoms in total. The maximum absolute atomic E-state index is 12.7. The molecule has 0 saturated heterocycles. The summed E-state index contributed by atoms with van der Waals surface area (Å²) in [6.07, 6.45) is 9.61. The average Bonchev–Trinajstić information content (AvgIpc) is 4.16. The molecule has 0 spiro atoms. The molecule has 1 amide bonds. The molecule has 60 heavy (non-hydrogen) atoms. The molecule has 10 rings (SSSR count). The normalized spacial score (nSPS) is 19.0. The molecule has 3 aliphatic carbocycles. The predicted octanol–water partition coefficient (Wildman–Crippen LogP) is 5.26. The van der Waals surface area contributed by atoms with Gasteiger partial charge in [0.25, 0.3) is 5.91 Å². The maximum atomic E-state index is 12.7. The number of carboxylic acids is 1. The third kappa shape index (κ3) is 8.89. The van der Waals surface area contributed by atoms with Crippen molar-refractivity contribution in [2.45, 2.75) is 74.3 Å². The summed E-state index contributed by atoms with van der Waals surface area (Å²) in [5.41, 5.74) is 12.8. The third-order valence-electron chi connectivity index (χ3n) is 11.5. The molecule has 2 aromatic carbocycles. The number of carbonyl (C=O) groups excluding carboxylic acids is 3. The minimum atomic E-state index is -0.989. The molecule has 1 aliphatic heterocycles. The van der Waals surface area contributed by atoms with Crippen LogP contribution in [0, 0.1) is 0 Å². The summed E-state index contributed by atoms with van der Waals surface area (Å²) >= 11 is 0. The van der Waals surface area contributed by atoms with Gasteiger partial charge >= 0.3 is 5.97 Å². The quantitative estimate of drug-likeness (QED) is 0.131. The van der Waals surface area contributed by atoms with Crippen LogP contribution in [0.2, 0.25) is 0 Å². The lowest BCUT2D eigenvalue weighted by atomic mass is 9.92. The number of hydrogen-bond donors (Lipinski definition) is 5. The number of carbonyl (C=O) groups is 4. The summed E-state index contributed by atoms with van der Waals surface area (Å²) in [7, 11) is 0. The van der Waals surface area contributed by atoms with Crippen molar-refractivity contribution in [2.24, 2.45) is 5.73 Å². The van der Waals surface area contributed by atoms with E-state index in [0.29, 0.717) is 17.9 Å². The molecule has 2 fully saturated rings. The first-order valence-corrected chi connectivity index (χ1v) is 19.7. The number of carboxylic acid groups (broad SMARTS) is 1. The van der Waals surface area contributed by atoms with E-state index in [1.165, 1.54) is 16.7 Å². The summed E-state index contributed by atoms with van der Waals surface area (Å²) < 4.78 is 5.67. The molecule has 2 atom stereocenters. The van der Waals surface area contributed by atoms with Gasteiger partial charge in [0.05, 0.1) is 30.3 Å². The number of Topliss-reactive ketones (excluding diaryl/α,β-unsaturated/α-hetero) is 2. The number of aryl methyl sites for hydroxylation is 1. The number of aromatic amines is 2. The number of rotatable bonds is 7. The standard InChI is InChI=1S/C22H20N4O3.C13H12N2O2.C10H12N2O.ClH/c27-18-11-15-19(7-4-10-23-15)29-13-17(18)24-21(28)16-12-20(26-25-16)22(8-9-22)14-5-2-1-3-6-14;16-12(17)10-8-11(15-14-10)13(6-7-13)9-4-2-1-3-5-9;11-8-4-3-7-2-1-5-12-9(7)6-10(8)13;/h1-7,10,12,17H,8-9,11,13H2,(H,24,28)(H,25,26);1-5,8H,6-7H2,(H,14,15)(H,16,17);1-2,5,8H,3-4,6,11H2;1H/t17-;;8-;/m0.0./s1. The molecule has 0 unspecified atom stereocenters. The van der Waals surface area contributed by atoms with Gasteiger partial charge in [-0.25, -0.2) is 4.79 Å². The SMILES string of the molecule is Cl.N[C@H]1CCc2cccnc2CC1=O.O=C(N[C@H]1COc2cccnc2CC1=O)c1cc(C2(c3ccccc3)CC2)[nH]n1.O=C(O)c1cc(C2(c3ccccc3)CC2)[nH]n1. The number of aromatic nitrogens is 6. The summed E-state index contributed by atoms with van der Waals surface area (Å²) in [6.45, 7) is 0.0779. The molecule has 5 heterocycles. The van der Waals surface area contributed by atoms with Gasteiger partial charge in [0.2, 0.25) is 0 Å². The highest BCUT2D eigenvalue weighted by atomic mass is 35.5. The summed E-state index contributed by atoms with van der Waals surface area (Å²) in [5, 5.41) is 25.5. The Labute approximate surface area is 352 Å². The first-order valence-electron chi connectivity index (χ1n) is 19.7. The number of amides is 1. The zero-order valence-electron chi connectivity index (χ0n) is 32.7. The van der Waals surface area contributed by atoms with Crippen LogP contribution < -0.4 is 15.8 Å². The van der Waals surface area contributed by atoms with Crippen LogP contribution in [0.1, 0.15) is 92.5 Å². The Morgan fingerprint density at radius 2 is 1.28 bits per heavy atom. The van der Waals surface area contributed by atoms with Gasteiger partial charge in [-0.1, -0.05) is 66.7 Å². The highest BCUT2D eigenvalue weighted by Crippen LogP contribution is 2.53. The molecule has 4 aromatic heterocycles. The summed E-state index contributed by atoms with van der Waals surface area (Å²) in [5.74, 6) is -0.821. The molecular formula is C45H45ClN8O6. The van der Waals surface area contributed by atoms with Crippen molar-refractivity contribution in [3.8, 4) is 5.75 Å². The molecule has 4 aliphatic rings. The van der Waals surface area contributed by atoms with Crippen LogP contribution in [0.15, 0.2) is 109 Å². The van der Waals surface area contributed by atoms with E-state index in [1.54, 1.807) is 36.7 Å². The Morgan fingerprint density at radius 3 is 1.87 bits per heavy atom. The minimum Gasteiger partial charge on any atom is -0.489 e. The second-order valence-corrected chi connectivity index (χ2v) is 15.4. The summed E-state index contributed by atoms with van der Waals surface area (Å²) in [6, 6.07) is 30.2. The lowest BCUT2D eigenvalue weighted by Crippen LogP contribution is -2.44. The van der Waals surface area contributed by atoms with E-state index in [4.69, 9.17) is 15.6 Å². The highest BCUT2D eigenvalue weighted by molar-refractivity contribution is 5.97. The van der Waals surface area contributed by atoms with Gasteiger partial charge in [-0.15, -0.1) is 12.4 Å². The fourth-order valence-corrected chi connectivity index (χ4v) is 7.77. The van der Waals surface area contributed by atoms with E-state index in [9.17, 15) is 19.2 Å². The van der Waals surface area contributed by atoms with Gasteiger partial charge in [0.1, 0.15) is 24.1 Å². The van der Waals surface area contributed by atoms with E-state index < -0.39 is 17.9 Å². The van der Waals surface area contributed by atoms with Gasteiger partial charge in [-0.05, 0) is 85.5 Å². The van der Waals surface area contributed by atoms with E-state index in [-0.39, 0.29) is 65.3 Å². The second-order valence-electron chi connectivity index (χ2n) is 15.4. The smallest absolute Gasteiger partial charge is 0.356 e. The van der Waals surface area contributed by atoms with Gasteiger partial charge < -0.3 is 20.9 Å². The number of nitrogens with one attached hydrogen (secondary N) is 3. The van der Waals surface area contributed by atoms with Crippen molar-refractivity contribution < 1.29 is 29.0 Å². The van der Waals surface area contributed by atoms with Crippen molar-refractivity contribution in [3.63, 3.8) is 0 Å². The number of pyridine rings is 2. The minimum absolute atomic E-state index is 0. The molecule has 6 N–H and O–H groups in total. The largest absolute Gasteiger partial charge is 0.489 e. The molecule has 0 bridgehead atoms. The Balaban J connectivity index is 0.000000149. The number of nitrogens with zero attached hydrogens (tertiary/aromatic N) is 4. The van der Waals surface area contributed by atoms with Gasteiger partial charge in [0, 0.05) is 34.6 Å². The van der Waals surface area contributed by atoms with E-state index >= 15 is 0 Å². The van der Waals surface area contributed by atoms with Crippen molar-refractivity contribution >= 4 is 35.9 Å². The predicted molar refractivity (Wildman–Crippen MR) is 223 cm³/mol. The first kappa shape index (κ1) is 41.6. The number of ketones is 2. The average molecular weight is 829 g/mol. The van der Waals surface area contributed by atoms with E-state index in [0.717, 1.165) is 55.6 Å². The Hall–Kier alpha value is -6.51. The van der Waals surface area contributed by atoms with Crippen LogP contribution in [0.4, 0.5) is 0 Å². The number of benzene rings is 2. The monoisotopic (exact) mass is 828 g/mol. The van der Waals surface area contributed by atoms with Crippen molar-refractivity contribution in [2.75, 3.05) is 6.61 Å². The van der Waals surface area contributed by atoms with E-state index in [1.807, 2.05) is 48.5 Å². The number of fused-ring (bicyclic) bond motifs is 2. The molecule has 308 valence electrons. The number of hydrogen-bond acceptors (Lipinski definition) is 10. The fourth-order valence-electron chi connectivity index (χ4n) is 7.77. The highest BCUT2D eigenvalue weighted by Gasteiger charge is 2.48. The maximum Gasteiger partial charge on any atom is 0.356 e. The van der Waals surface area contributed by atoms with Crippen LogP contribution in [-0.2, 0) is 39.7 Å². The van der Waals surface area contributed by atoms with Crippen molar-refractivity contribution in [1.29, 1.82) is 0 Å². The van der Waals surface area contributed by atoms with Gasteiger partial charge in [-0.2, -0.15) is 10.2 Å². The fraction of sp³-hybridized carbons (Fsp3) is 0.289. The number of halogens is 1. The lowest BCUT2D eigenvalue weighted by Gasteiger charge is -2.14. The third-order valence-corrected chi connectivity index (χ3v) is 11.5. The molecule has 0 radical (unpaired) electrons.